The van der Waals surface area contributed by atoms with Gasteiger partial charge in [0.1, 0.15) is 5.82 Å². The van der Waals surface area contributed by atoms with Crippen molar-refractivity contribution in [2.24, 2.45) is 4.36 Å². The van der Waals surface area contributed by atoms with Crippen LogP contribution in [0.1, 0.15) is 49.3 Å². The Morgan fingerprint density at radius 3 is 2.66 bits per heavy atom. The quantitative estimate of drug-likeness (QED) is 0.335. The van der Waals surface area contributed by atoms with Crippen molar-refractivity contribution >= 4 is 43.8 Å². The fraction of sp³-hybridized carbons (Fsp3) is 0.345. The molecule has 9 heteroatoms. The summed E-state index contributed by atoms with van der Waals surface area (Å²) in [5, 5.41) is 8.02. The van der Waals surface area contributed by atoms with Crippen LogP contribution >= 0.6 is 0 Å². The summed E-state index contributed by atoms with van der Waals surface area (Å²) in [7, 11) is -2.31. The fourth-order valence-electron chi connectivity index (χ4n) is 5.63. The highest BCUT2D eigenvalue weighted by Gasteiger charge is 2.30. The first-order valence-electron chi connectivity index (χ1n) is 13.3. The van der Waals surface area contributed by atoms with E-state index in [0.29, 0.717) is 29.8 Å². The Balaban J connectivity index is 1.21. The van der Waals surface area contributed by atoms with Crippen LogP contribution < -0.4 is 10.6 Å². The Bertz CT molecular complexity index is 1690. The highest BCUT2D eigenvalue weighted by Crippen LogP contribution is 2.43. The molecule has 2 atom stereocenters. The van der Waals surface area contributed by atoms with Crippen molar-refractivity contribution in [1.29, 1.82) is 0 Å². The number of benzene rings is 1. The van der Waals surface area contributed by atoms with Gasteiger partial charge in [-0.1, -0.05) is 24.3 Å². The van der Waals surface area contributed by atoms with Crippen LogP contribution in [0.15, 0.2) is 65.2 Å². The van der Waals surface area contributed by atoms with Crippen molar-refractivity contribution in [1.82, 2.24) is 24.8 Å². The third kappa shape index (κ3) is 4.72. The van der Waals surface area contributed by atoms with Crippen LogP contribution in [-0.2, 0) is 9.73 Å². The molecular weight excluding hydrogens is 494 g/mol. The third-order valence-corrected chi connectivity index (χ3v) is 8.11. The van der Waals surface area contributed by atoms with E-state index in [4.69, 9.17) is 9.97 Å². The van der Waals surface area contributed by atoms with Crippen LogP contribution in [0.2, 0.25) is 0 Å². The molecule has 2 unspecified atom stereocenters. The van der Waals surface area contributed by atoms with Crippen LogP contribution in [0.4, 0.5) is 17.5 Å². The van der Waals surface area contributed by atoms with E-state index in [-0.39, 0.29) is 0 Å². The number of pyridine rings is 1. The second-order valence-electron chi connectivity index (χ2n) is 10.9. The molecule has 7 rings (SSSR count). The van der Waals surface area contributed by atoms with Gasteiger partial charge in [0.25, 0.3) is 0 Å². The maximum absolute atomic E-state index is 12.3. The normalized spacial score (nSPS) is 20.9. The van der Waals surface area contributed by atoms with Gasteiger partial charge in [-0.3, -0.25) is 4.57 Å². The minimum absolute atomic E-state index is 0.463. The summed E-state index contributed by atoms with van der Waals surface area (Å²) in [6.45, 7) is 0. The van der Waals surface area contributed by atoms with E-state index in [9.17, 15) is 4.21 Å². The van der Waals surface area contributed by atoms with E-state index in [1.54, 1.807) is 18.6 Å². The molecule has 2 aliphatic heterocycles. The number of anilines is 2. The van der Waals surface area contributed by atoms with Gasteiger partial charge in [0.2, 0.25) is 5.95 Å². The molecule has 4 aromatic rings. The third-order valence-electron chi connectivity index (χ3n) is 7.48. The van der Waals surface area contributed by atoms with E-state index in [1.165, 1.54) is 29.7 Å². The lowest BCUT2D eigenvalue weighted by atomic mass is 9.96. The number of aromatic nitrogens is 4. The minimum Gasteiger partial charge on any atom is -0.324 e. The lowest BCUT2D eigenvalue weighted by Gasteiger charge is -2.21. The van der Waals surface area contributed by atoms with E-state index in [2.05, 4.69) is 61.0 Å². The van der Waals surface area contributed by atoms with E-state index >= 15 is 0 Å². The number of hydrogen-bond acceptors (Lipinski definition) is 7. The van der Waals surface area contributed by atoms with E-state index in [0.717, 1.165) is 41.8 Å². The first-order valence-corrected chi connectivity index (χ1v) is 15.6. The lowest BCUT2D eigenvalue weighted by Crippen LogP contribution is -2.31. The molecule has 3 aliphatic rings. The van der Waals surface area contributed by atoms with Crippen molar-refractivity contribution in [3.63, 3.8) is 0 Å². The summed E-state index contributed by atoms with van der Waals surface area (Å²) in [6.07, 6.45) is 13.4. The standard InChI is InChI=1S/C29H31N7OS/c1-38(2,37)35-26-4-3-5-27(33-26)36-25(19-6-7-19)16-21-17-30-29(34-28(21)36)32-22-10-8-18(9-11-22)20-14-23-12-13-24(15-20)31-23/h3-5,8-11,14,16-17,19,23-24,31H,6-7,12-13,15H2,1-2H3,(H,30,32,34). The van der Waals surface area contributed by atoms with Gasteiger partial charge >= 0.3 is 0 Å². The Labute approximate surface area is 222 Å². The predicted octanol–water partition coefficient (Wildman–Crippen LogP) is 5.70. The van der Waals surface area contributed by atoms with Gasteiger partial charge in [-0.15, -0.1) is 0 Å². The van der Waals surface area contributed by atoms with Gasteiger partial charge < -0.3 is 10.6 Å². The molecule has 0 radical (unpaired) electrons. The summed E-state index contributed by atoms with van der Waals surface area (Å²) in [4.78, 5) is 14.3. The molecule has 0 spiro atoms. The molecule has 5 heterocycles. The summed E-state index contributed by atoms with van der Waals surface area (Å²) < 4.78 is 18.7. The molecule has 38 heavy (non-hydrogen) atoms. The first kappa shape index (κ1) is 23.5. The smallest absolute Gasteiger partial charge is 0.229 e. The van der Waals surface area contributed by atoms with Crippen molar-refractivity contribution in [3.05, 3.63) is 72.1 Å². The zero-order chi connectivity index (χ0) is 25.9. The van der Waals surface area contributed by atoms with Gasteiger partial charge in [0.15, 0.2) is 11.5 Å². The summed E-state index contributed by atoms with van der Waals surface area (Å²) >= 11 is 0. The maximum atomic E-state index is 12.3. The number of fused-ring (bicyclic) bond motifs is 3. The van der Waals surface area contributed by atoms with Gasteiger partial charge in [-0.25, -0.2) is 14.2 Å². The zero-order valence-electron chi connectivity index (χ0n) is 21.6. The molecule has 1 saturated carbocycles. The number of nitrogens with zero attached hydrogens (tertiary/aromatic N) is 5. The number of rotatable bonds is 6. The van der Waals surface area contributed by atoms with Gasteiger partial charge in [-0.05, 0) is 79.5 Å². The van der Waals surface area contributed by atoms with Gasteiger partial charge in [0, 0.05) is 57.3 Å². The van der Waals surface area contributed by atoms with E-state index < -0.39 is 9.73 Å². The zero-order valence-corrected chi connectivity index (χ0v) is 22.4. The Morgan fingerprint density at radius 2 is 1.89 bits per heavy atom. The van der Waals surface area contributed by atoms with Crippen molar-refractivity contribution in [2.75, 3.05) is 17.8 Å². The molecule has 1 saturated heterocycles. The second-order valence-corrected chi connectivity index (χ2v) is 13.5. The van der Waals surface area contributed by atoms with Crippen LogP contribution in [0.3, 0.4) is 0 Å². The highest BCUT2D eigenvalue weighted by atomic mass is 32.2. The van der Waals surface area contributed by atoms with Crippen LogP contribution in [0, 0.1) is 0 Å². The van der Waals surface area contributed by atoms with Crippen LogP contribution in [0.5, 0.6) is 0 Å². The van der Waals surface area contributed by atoms with Crippen molar-refractivity contribution < 1.29 is 4.21 Å². The predicted molar refractivity (Wildman–Crippen MR) is 153 cm³/mol. The molecule has 2 bridgehead atoms. The average Bonchev–Trinajstić information content (AvgIpc) is 3.59. The minimum atomic E-state index is -2.31. The summed E-state index contributed by atoms with van der Waals surface area (Å²) in [5.74, 6) is 2.21. The van der Waals surface area contributed by atoms with Crippen LogP contribution in [-0.4, -0.2) is 48.3 Å². The molecule has 3 aromatic heterocycles. The highest BCUT2D eigenvalue weighted by molar-refractivity contribution is 7.92. The largest absolute Gasteiger partial charge is 0.324 e. The lowest BCUT2D eigenvalue weighted by molar-refractivity contribution is 0.575. The summed E-state index contributed by atoms with van der Waals surface area (Å²) in [5.41, 5.74) is 5.65. The van der Waals surface area contributed by atoms with Gasteiger partial charge in [0.05, 0.1) is 0 Å². The molecule has 8 nitrogen and oxygen atoms in total. The molecule has 2 N–H and O–H groups in total. The Hall–Kier alpha value is -3.56. The Morgan fingerprint density at radius 1 is 1.05 bits per heavy atom. The number of nitrogens with one attached hydrogen (secondary N) is 2. The monoisotopic (exact) mass is 525 g/mol. The second kappa shape index (κ2) is 9.03. The van der Waals surface area contributed by atoms with Gasteiger partial charge in [-0.2, -0.15) is 9.35 Å². The molecule has 1 aromatic carbocycles. The molecule has 1 aliphatic carbocycles. The number of hydrogen-bond donors (Lipinski definition) is 2. The molecular formula is C29H31N7OS. The maximum Gasteiger partial charge on any atom is 0.229 e. The molecule has 0 amide bonds. The molecule has 194 valence electrons. The first-order chi connectivity index (χ1) is 18.4. The van der Waals surface area contributed by atoms with E-state index in [1.807, 2.05) is 18.3 Å². The van der Waals surface area contributed by atoms with Crippen LogP contribution in [0.25, 0.3) is 22.4 Å². The summed E-state index contributed by atoms with van der Waals surface area (Å²) in [6, 6.07) is 17.5. The Kier molecular flexibility index (Phi) is 5.59. The average molecular weight is 526 g/mol. The van der Waals surface area contributed by atoms with Crippen molar-refractivity contribution in [3.8, 4) is 5.82 Å². The van der Waals surface area contributed by atoms with Crippen molar-refractivity contribution in [2.45, 2.75) is 50.1 Å². The SMILES string of the molecule is CS(C)(=O)=Nc1cccc(-n2c(C3CC3)cc3cnc(Nc4ccc(C5=CC6CCC(C5)N6)cc4)nc32)n1. The molecule has 2 fully saturated rings. The topological polar surface area (TPSA) is 97.1 Å². The fourth-order valence-corrected chi connectivity index (χ4v) is 6.18.